The van der Waals surface area contributed by atoms with Gasteiger partial charge < -0.3 is 10.1 Å². The average Bonchev–Trinajstić information content (AvgIpc) is 2.27. The number of hydrogen-bond donors (Lipinski definition) is 1. The fraction of sp³-hybridized carbons (Fsp3) is 0.111. The Morgan fingerprint density at radius 2 is 2.29 bits per heavy atom. The summed E-state index contributed by atoms with van der Waals surface area (Å²) in [5, 5.41) is 3.26. The van der Waals surface area contributed by atoms with E-state index in [1.807, 2.05) is 0 Å². The van der Waals surface area contributed by atoms with Gasteiger partial charge >= 0.3 is 5.97 Å². The van der Waals surface area contributed by atoms with Crippen molar-refractivity contribution in [3.8, 4) is 0 Å². The molecule has 3 nitrogen and oxygen atoms in total. The van der Waals surface area contributed by atoms with Gasteiger partial charge in [-0.15, -0.1) is 0 Å². The van der Waals surface area contributed by atoms with Gasteiger partial charge in [0.25, 0.3) is 0 Å². The Morgan fingerprint density at radius 1 is 1.50 bits per heavy atom. The second-order valence-electron chi connectivity index (χ2n) is 2.79. The fourth-order valence-corrected chi connectivity index (χ4v) is 1.65. The minimum atomic E-state index is -0.446. The van der Waals surface area contributed by atoms with Crippen LogP contribution in [0.3, 0.4) is 0 Å². The van der Waals surface area contributed by atoms with Gasteiger partial charge in [0.05, 0.1) is 10.7 Å². The van der Waals surface area contributed by atoms with E-state index in [4.69, 9.17) is 28.6 Å². The highest BCUT2D eigenvalue weighted by atomic mass is 35.5. The number of ether oxygens (including phenoxy) is 1. The summed E-state index contributed by atoms with van der Waals surface area (Å²) in [4.78, 5) is 11.9. The Balaban J connectivity index is 2.57. The SMILES string of the molecule is O=C1OCC(=S)Nc2cccc(Cl)c21. The summed E-state index contributed by atoms with van der Waals surface area (Å²) in [5.74, 6) is -0.446. The zero-order valence-corrected chi connectivity index (χ0v) is 8.61. The number of fused-ring (bicyclic) bond motifs is 1. The first-order valence-corrected chi connectivity index (χ1v) is 4.72. The molecule has 1 aromatic carbocycles. The summed E-state index contributed by atoms with van der Waals surface area (Å²) >= 11 is 10.8. The van der Waals surface area contributed by atoms with Crippen LogP contribution in [0.2, 0.25) is 5.02 Å². The van der Waals surface area contributed by atoms with E-state index >= 15 is 0 Å². The highest BCUT2D eigenvalue weighted by molar-refractivity contribution is 7.80. The highest BCUT2D eigenvalue weighted by Crippen LogP contribution is 2.26. The molecule has 0 aliphatic carbocycles. The van der Waals surface area contributed by atoms with Gasteiger partial charge in [-0.2, -0.15) is 0 Å². The predicted molar refractivity (Wildman–Crippen MR) is 58.0 cm³/mol. The molecule has 1 aromatic rings. The van der Waals surface area contributed by atoms with E-state index in [2.05, 4.69) is 5.32 Å². The lowest BCUT2D eigenvalue weighted by Crippen LogP contribution is -2.13. The van der Waals surface area contributed by atoms with Crippen molar-refractivity contribution in [2.24, 2.45) is 0 Å². The first kappa shape index (κ1) is 9.43. The van der Waals surface area contributed by atoms with Crippen molar-refractivity contribution in [1.29, 1.82) is 0 Å². The Bertz CT molecular complexity index is 419. The van der Waals surface area contributed by atoms with Crippen LogP contribution in [0.4, 0.5) is 5.69 Å². The van der Waals surface area contributed by atoms with Gasteiger partial charge in [-0.1, -0.05) is 29.9 Å². The molecule has 0 unspecified atom stereocenters. The standard InChI is InChI=1S/C9H6ClNO2S/c10-5-2-1-3-6-8(5)9(12)13-4-7(14)11-6/h1-3H,4H2,(H,11,14). The number of cyclic esters (lactones) is 1. The third-order valence-electron chi connectivity index (χ3n) is 1.83. The number of carbonyl (C=O) groups excluding carboxylic acids is 1. The molecule has 0 radical (unpaired) electrons. The molecule has 1 aliphatic rings. The summed E-state index contributed by atoms with van der Waals surface area (Å²) < 4.78 is 4.90. The van der Waals surface area contributed by atoms with Crippen LogP contribution in [0.1, 0.15) is 10.4 Å². The molecule has 0 atom stereocenters. The third kappa shape index (κ3) is 1.58. The number of nitrogens with one attached hydrogen (secondary N) is 1. The molecule has 1 aliphatic heterocycles. The van der Waals surface area contributed by atoms with Gasteiger partial charge in [0.1, 0.15) is 17.2 Å². The molecule has 1 N–H and O–H groups in total. The molecule has 72 valence electrons. The van der Waals surface area contributed by atoms with E-state index in [1.54, 1.807) is 18.2 Å². The molecular weight excluding hydrogens is 222 g/mol. The van der Waals surface area contributed by atoms with Crippen molar-refractivity contribution in [3.63, 3.8) is 0 Å². The largest absolute Gasteiger partial charge is 0.455 e. The zero-order valence-electron chi connectivity index (χ0n) is 7.04. The third-order valence-corrected chi connectivity index (χ3v) is 2.36. The number of esters is 1. The lowest BCUT2D eigenvalue weighted by atomic mass is 10.2. The number of benzene rings is 1. The maximum absolute atomic E-state index is 11.5. The van der Waals surface area contributed by atoms with E-state index in [-0.39, 0.29) is 6.61 Å². The van der Waals surface area contributed by atoms with E-state index in [0.29, 0.717) is 21.3 Å². The van der Waals surface area contributed by atoms with Crippen molar-refractivity contribution < 1.29 is 9.53 Å². The van der Waals surface area contributed by atoms with E-state index in [9.17, 15) is 4.79 Å². The molecule has 0 aromatic heterocycles. The number of anilines is 1. The first-order chi connectivity index (χ1) is 6.68. The van der Waals surface area contributed by atoms with Crippen molar-refractivity contribution in [2.45, 2.75) is 0 Å². The van der Waals surface area contributed by atoms with Crippen LogP contribution in [-0.4, -0.2) is 17.6 Å². The summed E-state index contributed by atoms with van der Waals surface area (Å²) in [6, 6.07) is 5.12. The number of thiocarbonyl (C=S) groups is 1. The Hall–Kier alpha value is -1.13. The minimum absolute atomic E-state index is 0.0964. The van der Waals surface area contributed by atoms with Gasteiger partial charge in [0, 0.05) is 0 Å². The normalized spacial score (nSPS) is 15.2. The van der Waals surface area contributed by atoms with Crippen LogP contribution in [0.25, 0.3) is 0 Å². The molecule has 2 rings (SSSR count). The number of carbonyl (C=O) groups is 1. The summed E-state index contributed by atoms with van der Waals surface area (Å²) in [5.41, 5.74) is 0.944. The first-order valence-electron chi connectivity index (χ1n) is 3.94. The van der Waals surface area contributed by atoms with Crippen LogP contribution in [0.15, 0.2) is 18.2 Å². The second kappa shape index (κ2) is 3.55. The average molecular weight is 228 g/mol. The second-order valence-corrected chi connectivity index (χ2v) is 3.69. The van der Waals surface area contributed by atoms with Gasteiger partial charge in [0.2, 0.25) is 0 Å². The number of halogens is 1. The molecule has 1 heterocycles. The van der Waals surface area contributed by atoms with Gasteiger partial charge in [-0.05, 0) is 12.1 Å². The summed E-state index contributed by atoms with van der Waals surface area (Å²) in [7, 11) is 0. The van der Waals surface area contributed by atoms with Crippen molar-refractivity contribution in [2.75, 3.05) is 11.9 Å². The monoisotopic (exact) mass is 227 g/mol. The molecule has 14 heavy (non-hydrogen) atoms. The minimum Gasteiger partial charge on any atom is -0.455 e. The van der Waals surface area contributed by atoms with Crippen LogP contribution in [-0.2, 0) is 4.74 Å². The van der Waals surface area contributed by atoms with Crippen LogP contribution in [0.5, 0.6) is 0 Å². The fourth-order valence-electron chi connectivity index (χ4n) is 1.23. The molecule has 0 amide bonds. The number of hydrogen-bond acceptors (Lipinski definition) is 3. The van der Waals surface area contributed by atoms with E-state index < -0.39 is 5.97 Å². The number of rotatable bonds is 0. The molecule has 0 bridgehead atoms. The molecular formula is C9H6ClNO2S. The maximum atomic E-state index is 11.5. The highest BCUT2D eigenvalue weighted by Gasteiger charge is 2.21. The van der Waals surface area contributed by atoms with Crippen molar-refractivity contribution in [3.05, 3.63) is 28.8 Å². The van der Waals surface area contributed by atoms with Gasteiger partial charge in [-0.25, -0.2) is 4.79 Å². The summed E-state index contributed by atoms with van der Waals surface area (Å²) in [6.45, 7) is 0.0964. The molecule has 0 saturated carbocycles. The van der Waals surface area contributed by atoms with E-state index in [1.165, 1.54) is 0 Å². The Kier molecular flexibility index (Phi) is 2.39. The van der Waals surface area contributed by atoms with Crippen molar-refractivity contribution >= 4 is 40.5 Å². The quantitative estimate of drug-likeness (QED) is 0.545. The maximum Gasteiger partial charge on any atom is 0.342 e. The molecule has 0 saturated heterocycles. The lowest BCUT2D eigenvalue weighted by molar-refractivity contribution is 0.0570. The van der Waals surface area contributed by atoms with Gasteiger partial charge in [0.15, 0.2) is 0 Å². The molecule has 0 spiro atoms. The van der Waals surface area contributed by atoms with Crippen LogP contribution < -0.4 is 5.32 Å². The van der Waals surface area contributed by atoms with Crippen LogP contribution >= 0.6 is 23.8 Å². The lowest BCUT2D eigenvalue weighted by Gasteiger charge is -2.05. The Morgan fingerprint density at radius 3 is 3.07 bits per heavy atom. The topological polar surface area (TPSA) is 38.3 Å². The molecule has 0 fully saturated rings. The van der Waals surface area contributed by atoms with Gasteiger partial charge in [-0.3, -0.25) is 0 Å². The zero-order chi connectivity index (χ0) is 10.1. The van der Waals surface area contributed by atoms with Crippen LogP contribution in [0, 0.1) is 0 Å². The Labute approximate surface area is 91.0 Å². The smallest absolute Gasteiger partial charge is 0.342 e. The summed E-state index contributed by atoms with van der Waals surface area (Å²) in [6.07, 6.45) is 0. The van der Waals surface area contributed by atoms with Crippen molar-refractivity contribution in [1.82, 2.24) is 0 Å². The predicted octanol–water partition coefficient (Wildman–Crippen LogP) is 2.25. The van der Waals surface area contributed by atoms with E-state index in [0.717, 1.165) is 0 Å². The molecule has 5 heteroatoms.